The summed E-state index contributed by atoms with van der Waals surface area (Å²) in [4.78, 5) is 4.45. The van der Waals surface area contributed by atoms with Gasteiger partial charge in [0.05, 0.1) is 12.3 Å². The average molecular weight is 409 g/mol. The van der Waals surface area contributed by atoms with Crippen molar-refractivity contribution in [3.63, 3.8) is 0 Å². The highest BCUT2D eigenvalue weighted by Gasteiger charge is 2.10. The fraction of sp³-hybridized carbons (Fsp3) is 0.316. The molecule has 0 unspecified atom stereocenters. The molecule has 0 fully saturated rings. The van der Waals surface area contributed by atoms with E-state index in [2.05, 4.69) is 20.3 Å². The quantitative estimate of drug-likeness (QED) is 0.440. The minimum absolute atomic E-state index is 0.0453. The molecule has 0 atom stereocenters. The first kappa shape index (κ1) is 21.2. The Morgan fingerprint density at radius 3 is 2.44 bits per heavy atom. The molecule has 0 saturated carbocycles. The summed E-state index contributed by atoms with van der Waals surface area (Å²) in [6.07, 6.45) is 0. The molecule has 6 nitrogen and oxygen atoms in total. The number of hydrogen-bond acceptors (Lipinski definition) is 3. The average Bonchev–Trinajstić information content (AvgIpc) is 2.66. The smallest absolute Gasteiger partial charge is 0.213 e. The maximum atomic E-state index is 12.1. The highest BCUT2D eigenvalue weighted by molar-refractivity contribution is 7.89. The van der Waals surface area contributed by atoms with E-state index in [1.807, 2.05) is 61.5 Å². The van der Waals surface area contributed by atoms with Crippen molar-refractivity contribution in [3.05, 3.63) is 70.7 Å². The molecule has 3 N–H and O–H groups in total. The van der Waals surface area contributed by atoms with E-state index >= 15 is 0 Å². The number of nitrogens with one attached hydrogen (secondary N) is 3. The van der Waals surface area contributed by atoms with E-state index in [4.69, 9.17) is 11.6 Å². The molecule has 0 heterocycles. The third-order valence-electron chi connectivity index (χ3n) is 3.71. The Kier molecular flexibility index (Phi) is 8.57. The molecule has 27 heavy (non-hydrogen) atoms. The van der Waals surface area contributed by atoms with Crippen LogP contribution in [0.15, 0.2) is 59.6 Å². The van der Waals surface area contributed by atoms with Gasteiger partial charge in [0.2, 0.25) is 10.0 Å². The summed E-state index contributed by atoms with van der Waals surface area (Å²) in [6, 6.07) is 16.9. The molecule has 146 valence electrons. The van der Waals surface area contributed by atoms with Crippen molar-refractivity contribution in [2.45, 2.75) is 20.0 Å². The highest BCUT2D eigenvalue weighted by atomic mass is 35.5. The Bertz CT molecular complexity index is 842. The van der Waals surface area contributed by atoms with Crippen molar-refractivity contribution < 1.29 is 8.42 Å². The van der Waals surface area contributed by atoms with Crippen LogP contribution in [0, 0.1) is 0 Å². The molecule has 8 heteroatoms. The van der Waals surface area contributed by atoms with Crippen LogP contribution in [0.2, 0.25) is 5.02 Å². The van der Waals surface area contributed by atoms with E-state index in [0.717, 1.165) is 11.1 Å². The molecular formula is C19H25ClN4O2S. The summed E-state index contributed by atoms with van der Waals surface area (Å²) in [5.74, 6) is 0.506. The summed E-state index contributed by atoms with van der Waals surface area (Å²) in [5.41, 5.74) is 1.83. The normalized spacial score (nSPS) is 12.0. The lowest BCUT2D eigenvalue weighted by Gasteiger charge is -2.12. The number of nitrogens with zero attached hydrogens (tertiary/aromatic N) is 1. The molecule has 2 aromatic rings. The molecule has 0 bridgehead atoms. The third-order valence-corrected chi connectivity index (χ3v) is 5.41. The van der Waals surface area contributed by atoms with Crippen LogP contribution in [0.25, 0.3) is 0 Å². The third kappa shape index (κ3) is 7.99. The molecular weight excluding hydrogens is 384 g/mol. The monoisotopic (exact) mass is 408 g/mol. The van der Waals surface area contributed by atoms with Gasteiger partial charge in [-0.05, 0) is 24.1 Å². The maximum Gasteiger partial charge on any atom is 0.213 e. The maximum absolute atomic E-state index is 12.1. The van der Waals surface area contributed by atoms with Crippen LogP contribution in [-0.2, 0) is 23.1 Å². The fourth-order valence-corrected chi connectivity index (χ4v) is 3.39. The standard InChI is InChI=1S/C19H25ClN4O2S/c1-2-21-19(23-15-17-10-6-7-11-18(17)20)22-12-13-27(25,26)24-14-16-8-4-3-5-9-16/h3-11,24H,2,12-15H2,1H3,(H2,21,22,23). The second-order valence-corrected chi connectivity index (χ2v) is 8.17. The minimum Gasteiger partial charge on any atom is -0.357 e. The lowest BCUT2D eigenvalue weighted by Crippen LogP contribution is -2.41. The van der Waals surface area contributed by atoms with E-state index < -0.39 is 10.0 Å². The molecule has 2 aromatic carbocycles. The number of hydrogen-bond donors (Lipinski definition) is 3. The SMILES string of the molecule is CCNC(=NCc1ccccc1Cl)NCCS(=O)(=O)NCc1ccccc1. The fourth-order valence-electron chi connectivity index (χ4n) is 2.30. The second-order valence-electron chi connectivity index (χ2n) is 5.84. The van der Waals surface area contributed by atoms with Crippen molar-refractivity contribution in [3.8, 4) is 0 Å². The van der Waals surface area contributed by atoms with Crippen LogP contribution in [0.3, 0.4) is 0 Å². The largest absolute Gasteiger partial charge is 0.357 e. The van der Waals surface area contributed by atoms with Crippen LogP contribution in [0.1, 0.15) is 18.1 Å². The molecule has 0 amide bonds. The number of halogens is 1. The number of benzene rings is 2. The number of sulfonamides is 1. The zero-order valence-corrected chi connectivity index (χ0v) is 16.9. The van der Waals surface area contributed by atoms with E-state index in [0.29, 0.717) is 24.1 Å². The van der Waals surface area contributed by atoms with Crippen LogP contribution >= 0.6 is 11.6 Å². The van der Waals surface area contributed by atoms with E-state index in [9.17, 15) is 8.42 Å². The summed E-state index contributed by atoms with van der Waals surface area (Å²) in [6.45, 7) is 3.56. The van der Waals surface area contributed by atoms with Gasteiger partial charge in [0.1, 0.15) is 0 Å². The van der Waals surface area contributed by atoms with Gasteiger partial charge in [-0.2, -0.15) is 0 Å². The first-order valence-electron chi connectivity index (χ1n) is 8.77. The Balaban J connectivity index is 1.84. The number of guanidine groups is 1. The Morgan fingerprint density at radius 1 is 1.04 bits per heavy atom. The summed E-state index contributed by atoms with van der Waals surface area (Å²) in [5, 5.41) is 6.80. The Hall–Kier alpha value is -2.09. The van der Waals surface area contributed by atoms with Gasteiger partial charge in [-0.15, -0.1) is 0 Å². The van der Waals surface area contributed by atoms with Gasteiger partial charge in [0.25, 0.3) is 0 Å². The summed E-state index contributed by atoms with van der Waals surface area (Å²) in [7, 11) is -3.38. The Labute approximate surface area is 166 Å². The minimum atomic E-state index is -3.38. The summed E-state index contributed by atoms with van der Waals surface area (Å²) >= 11 is 6.14. The van der Waals surface area contributed by atoms with E-state index in [1.54, 1.807) is 0 Å². The van der Waals surface area contributed by atoms with Crippen molar-refractivity contribution in [1.29, 1.82) is 0 Å². The van der Waals surface area contributed by atoms with Gasteiger partial charge >= 0.3 is 0 Å². The molecule has 0 saturated heterocycles. The zero-order valence-electron chi connectivity index (χ0n) is 15.3. The lowest BCUT2D eigenvalue weighted by molar-refractivity contribution is 0.580. The van der Waals surface area contributed by atoms with E-state index in [-0.39, 0.29) is 18.8 Å². The van der Waals surface area contributed by atoms with Gasteiger partial charge in [0.15, 0.2) is 5.96 Å². The molecule has 0 aromatic heterocycles. The van der Waals surface area contributed by atoms with Crippen LogP contribution in [0.5, 0.6) is 0 Å². The molecule has 0 aliphatic carbocycles. The predicted molar refractivity (Wildman–Crippen MR) is 111 cm³/mol. The van der Waals surface area contributed by atoms with Crippen molar-refractivity contribution in [2.24, 2.45) is 4.99 Å². The Morgan fingerprint density at radius 2 is 1.74 bits per heavy atom. The predicted octanol–water partition coefficient (Wildman–Crippen LogP) is 2.51. The molecule has 0 aliphatic rings. The number of aliphatic imine (C=N–C) groups is 1. The van der Waals surface area contributed by atoms with Crippen molar-refractivity contribution in [1.82, 2.24) is 15.4 Å². The lowest BCUT2D eigenvalue weighted by atomic mass is 10.2. The zero-order chi connectivity index (χ0) is 19.5. The van der Waals surface area contributed by atoms with Gasteiger partial charge in [-0.25, -0.2) is 18.1 Å². The van der Waals surface area contributed by atoms with Gasteiger partial charge in [0, 0.05) is 24.7 Å². The molecule has 0 aliphatic heterocycles. The van der Waals surface area contributed by atoms with E-state index in [1.165, 1.54) is 0 Å². The molecule has 0 spiro atoms. The topological polar surface area (TPSA) is 82.6 Å². The van der Waals surface area contributed by atoms with Gasteiger partial charge in [-0.1, -0.05) is 60.1 Å². The van der Waals surface area contributed by atoms with Crippen molar-refractivity contribution >= 4 is 27.6 Å². The first-order valence-corrected chi connectivity index (χ1v) is 10.8. The molecule has 2 rings (SSSR count). The summed E-state index contributed by atoms with van der Waals surface area (Å²) < 4.78 is 26.9. The second kappa shape index (κ2) is 10.9. The molecule has 0 radical (unpaired) electrons. The van der Waals surface area contributed by atoms with Gasteiger partial charge in [-0.3, -0.25) is 0 Å². The number of rotatable bonds is 9. The van der Waals surface area contributed by atoms with Crippen LogP contribution < -0.4 is 15.4 Å². The van der Waals surface area contributed by atoms with Crippen LogP contribution in [-0.4, -0.2) is 33.2 Å². The highest BCUT2D eigenvalue weighted by Crippen LogP contribution is 2.15. The first-order chi connectivity index (χ1) is 13.0. The van der Waals surface area contributed by atoms with Crippen LogP contribution in [0.4, 0.5) is 0 Å². The van der Waals surface area contributed by atoms with Crippen molar-refractivity contribution in [2.75, 3.05) is 18.8 Å². The van der Waals surface area contributed by atoms with Gasteiger partial charge < -0.3 is 10.6 Å².